The molecule has 3 heterocycles. The van der Waals surface area contributed by atoms with E-state index in [0.717, 1.165) is 29.0 Å². The van der Waals surface area contributed by atoms with E-state index in [1.807, 2.05) is 18.2 Å². The molecule has 6 nitrogen and oxygen atoms in total. The number of anilines is 2. The maximum absolute atomic E-state index is 5.51. The number of fused-ring (bicyclic) bond motifs is 3. The first-order chi connectivity index (χ1) is 14.8. The summed E-state index contributed by atoms with van der Waals surface area (Å²) in [5.41, 5.74) is 4.26. The number of hydrogen-bond acceptors (Lipinski definition) is 5. The largest absolute Gasteiger partial charge is 0.454 e. The van der Waals surface area contributed by atoms with Crippen LogP contribution in [0.5, 0.6) is 11.5 Å². The van der Waals surface area contributed by atoms with E-state index in [2.05, 4.69) is 74.6 Å². The van der Waals surface area contributed by atoms with Crippen LogP contribution in [-0.2, 0) is 6.54 Å². The summed E-state index contributed by atoms with van der Waals surface area (Å²) in [4.78, 5) is 8.81. The molecule has 3 aromatic carbocycles. The van der Waals surface area contributed by atoms with Crippen molar-refractivity contribution in [2.75, 3.05) is 12.1 Å². The Morgan fingerprint density at radius 2 is 1.74 bits per heavy atom. The number of halogens is 1. The molecular weight excluding hydrogens is 412 g/mol. The summed E-state index contributed by atoms with van der Waals surface area (Å²) in [6, 6.07) is 22.8. The van der Waals surface area contributed by atoms with Crippen LogP contribution >= 0.6 is 12.4 Å². The summed E-state index contributed by atoms with van der Waals surface area (Å²) in [5, 5.41) is 5.50. The lowest BCUT2D eigenvalue weighted by Gasteiger charge is -2.10. The van der Waals surface area contributed by atoms with E-state index in [9.17, 15) is 0 Å². The predicted octanol–water partition coefficient (Wildman–Crippen LogP) is 5.53. The Morgan fingerprint density at radius 3 is 2.61 bits per heavy atom. The van der Waals surface area contributed by atoms with Crippen LogP contribution in [0.4, 0.5) is 11.5 Å². The second kappa shape index (κ2) is 7.81. The fourth-order valence-corrected chi connectivity index (χ4v) is 3.88. The van der Waals surface area contributed by atoms with Gasteiger partial charge in [-0.25, -0.2) is 9.97 Å². The zero-order valence-corrected chi connectivity index (χ0v) is 17.3. The molecule has 0 saturated carbocycles. The van der Waals surface area contributed by atoms with Crippen molar-refractivity contribution in [1.29, 1.82) is 0 Å². The third-order valence-electron chi connectivity index (χ3n) is 5.36. The second-order valence-corrected chi connectivity index (χ2v) is 7.27. The normalized spacial score (nSPS) is 12.1. The molecule has 0 aliphatic carbocycles. The number of rotatable bonds is 4. The minimum absolute atomic E-state index is 0. The van der Waals surface area contributed by atoms with Gasteiger partial charge in [-0.2, -0.15) is 0 Å². The van der Waals surface area contributed by atoms with Crippen molar-refractivity contribution in [3.8, 4) is 11.5 Å². The zero-order chi connectivity index (χ0) is 19.9. The number of ether oxygens (including phenoxy) is 2. The lowest BCUT2D eigenvalue weighted by Crippen LogP contribution is -1.98. The molecule has 0 atom stereocenters. The van der Waals surface area contributed by atoms with Gasteiger partial charge in [0.15, 0.2) is 11.5 Å². The number of benzene rings is 3. The Bertz CT molecular complexity index is 1390. The van der Waals surface area contributed by atoms with Gasteiger partial charge in [-0.05, 0) is 35.9 Å². The lowest BCUT2D eigenvalue weighted by atomic mass is 10.2. The van der Waals surface area contributed by atoms with E-state index >= 15 is 0 Å². The third kappa shape index (κ3) is 3.51. The van der Waals surface area contributed by atoms with Gasteiger partial charge in [0.1, 0.15) is 12.1 Å². The molecule has 5 aromatic rings. The Kier molecular flexibility index (Phi) is 4.84. The molecule has 0 fully saturated rings. The Hall–Kier alpha value is -3.77. The molecule has 31 heavy (non-hydrogen) atoms. The summed E-state index contributed by atoms with van der Waals surface area (Å²) < 4.78 is 13.2. The summed E-state index contributed by atoms with van der Waals surface area (Å²) in [6.45, 7) is 1.08. The molecule has 7 heteroatoms. The highest BCUT2D eigenvalue weighted by Gasteiger charge is 2.17. The summed E-state index contributed by atoms with van der Waals surface area (Å²) >= 11 is 0. The van der Waals surface area contributed by atoms with Gasteiger partial charge in [-0.3, -0.25) is 0 Å². The van der Waals surface area contributed by atoms with E-state index in [1.165, 1.54) is 16.5 Å². The van der Waals surface area contributed by atoms with E-state index in [0.29, 0.717) is 11.5 Å². The first kappa shape index (κ1) is 19.2. The van der Waals surface area contributed by atoms with Gasteiger partial charge in [0.2, 0.25) is 6.79 Å². The Labute approximate surface area is 184 Å². The van der Waals surface area contributed by atoms with Crippen LogP contribution in [0, 0.1) is 0 Å². The molecule has 0 bridgehead atoms. The topological polar surface area (TPSA) is 61.2 Å². The van der Waals surface area contributed by atoms with E-state index in [1.54, 1.807) is 6.33 Å². The van der Waals surface area contributed by atoms with Gasteiger partial charge in [-0.15, -0.1) is 12.4 Å². The van der Waals surface area contributed by atoms with Gasteiger partial charge in [0, 0.05) is 40.8 Å². The minimum Gasteiger partial charge on any atom is -0.454 e. The number of hydrogen-bond donors (Lipinski definition) is 1. The van der Waals surface area contributed by atoms with Gasteiger partial charge in [-0.1, -0.05) is 30.3 Å². The SMILES string of the molecule is Cl.c1ccc(Cn2ccc3cc(Nc4ncnc5cc6c(cc45)OCO6)ccc32)cc1. The van der Waals surface area contributed by atoms with Crippen molar-refractivity contribution in [3.63, 3.8) is 0 Å². The monoisotopic (exact) mass is 430 g/mol. The van der Waals surface area contributed by atoms with Crippen molar-refractivity contribution >= 4 is 45.7 Å². The summed E-state index contributed by atoms with van der Waals surface area (Å²) in [5.74, 6) is 2.17. The van der Waals surface area contributed by atoms with Gasteiger partial charge in [0.25, 0.3) is 0 Å². The minimum atomic E-state index is 0. The maximum Gasteiger partial charge on any atom is 0.231 e. The van der Waals surface area contributed by atoms with Crippen molar-refractivity contribution in [3.05, 3.63) is 84.8 Å². The fraction of sp³-hybridized carbons (Fsp3) is 0.0833. The molecule has 1 N–H and O–H groups in total. The molecule has 0 amide bonds. The van der Waals surface area contributed by atoms with Gasteiger partial charge < -0.3 is 19.4 Å². The quantitative estimate of drug-likeness (QED) is 0.406. The summed E-state index contributed by atoms with van der Waals surface area (Å²) in [6.07, 6.45) is 3.68. The molecule has 0 unspecified atom stereocenters. The zero-order valence-electron chi connectivity index (χ0n) is 16.5. The molecule has 0 radical (unpaired) electrons. The second-order valence-electron chi connectivity index (χ2n) is 7.27. The van der Waals surface area contributed by atoms with Crippen LogP contribution in [-0.4, -0.2) is 21.3 Å². The molecule has 2 aromatic heterocycles. The molecule has 6 rings (SSSR count). The van der Waals surface area contributed by atoms with E-state index < -0.39 is 0 Å². The highest BCUT2D eigenvalue weighted by molar-refractivity contribution is 5.94. The number of nitrogens with one attached hydrogen (secondary N) is 1. The molecular formula is C24H19ClN4O2. The number of aromatic nitrogens is 3. The van der Waals surface area contributed by atoms with Gasteiger partial charge in [0.05, 0.1) is 5.52 Å². The van der Waals surface area contributed by atoms with Crippen LogP contribution < -0.4 is 14.8 Å². The standard InChI is InChI=1S/C24H18N4O2.ClH/c1-2-4-16(5-3-1)13-28-9-8-17-10-18(6-7-21(17)28)27-24-19-11-22-23(30-15-29-22)12-20(19)25-14-26-24;/h1-12,14H,13,15H2,(H,25,26,27);1H. The number of nitrogens with zero attached hydrogens (tertiary/aromatic N) is 3. The molecule has 1 aliphatic heterocycles. The van der Waals surface area contributed by atoms with Crippen molar-refractivity contribution < 1.29 is 9.47 Å². The highest BCUT2D eigenvalue weighted by atomic mass is 35.5. The smallest absolute Gasteiger partial charge is 0.231 e. The molecule has 154 valence electrons. The third-order valence-corrected chi connectivity index (χ3v) is 5.36. The van der Waals surface area contributed by atoms with Crippen molar-refractivity contribution in [2.24, 2.45) is 0 Å². The molecule has 1 aliphatic rings. The van der Waals surface area contributed by atoms with Crippen molar-refractivity contribution in [2.45, 2.75) is 6.54 Å². The molecule has 0 spiro atoms. The predicted molar refractivity (Wildman–Crippen MR) is 124 cm³/mol. The van der Waals surface area contributed by atoms with Gasteiger partial charge >= 0.3 is 0 Å². The van der Waals surface area contributed by atoms with Crippen LogP contribution in [0.1, 0.15) is 5.56 Å². The lowest BCUT2D eigenvalue weighted by molar-refractivity contribution is 0.174. The Balaban J connectivity index is 0.00000204. The maximum atomic E-state index is 5.51. The highest BCUT2D eigenvalue weighted by Crippen LogP contribution is 2.37. The van der Waals surface area contributed by atoms with E-state index in [-0.39, 0.29) is 19.2 Å². The van der Waals surface area contributed by atoms with Crippen molar-refractivity contribution in [1.82, 2.24) is 14.5 Å². The van der Waals surface area contributed by atoms with Crippen LogP contribution in [0.15, 0.2) is 79.3 Å². The first-order valence-corrected chi connectivity index (χ1v) is 9.78. The fourth-order valence-electron chi connectivity index (χ4n) is 3.88. The molecule has 0 saturated heterocycles. The van der Waals surface area contributed by atoms with Crippen LogP contribution in [0.25, 0.3) is 21.8 Å². The first-order valence-electron chi connectivity index (χ1n) is 9.78. The average Bonchev–Trinajstić information content (AvgIpc) is 3.40. The Morgan fingerprint density at radius 1 is 0.903 bits per heavy atom. The van der Waals surface area contributed by atoms with Crippen LogP contribution in [0.2, 0.25) is 0 Å². The van der Waals surface area contributed by atoms with Crippen LogP contribution in [0.3, 0.4) is 0 Å². The summed E-state index contributed by atoms with van der Waals surface area (Å²) in [7, 11) is 0. The van der Waals surface area contributed by atoms with E-state index in [4.69, 9.17) is 9.47 Å². The average molecular weight is 431 g/mol.